The second-order valence-corrected chi connectivity index (χ2v) is 5.75. The van der Waals surface area contributed by atoms with Gasteiger partial charge in [-0.05, 0) is 25.0 Å². The van der Waals surface area contributed by atoms with Gasteiger partial charge in [-0.3, -0.25) is 4.79 Å². The van der Waals surface area contributed by atoms with Crippen LogP contribution in [0.3, 0.4) is 0 Å². The molecular formula is C15H23N3O2. The zero-order valence-electron chi connectivity index (χ0n) is 12.2. The molecule has 0 aliphatic heterocycles. The van der Waals surface area contributed by atoms with Crippen molar-refractivity contribution >= 4 is 11.7 Å². The first-order valence-corrected chi connectivity index (χ1v) is 7.13. The molecule has 1 aromatic heterocycles. The van der Waals surface area contributed by atoms with Crippen molar-refractivity contribution in [3.63, 3.8) is 0 Å². The van der Waals surface area contributed by atoms with Gasteiger partial charge in [0.25, 0.3) is 5.91 Å². The van der Waals surface area contributed by atoms with Gasteiger partial charge in [0, 0.05) is 20.3 Å². The molecule has 2 rings (SSSR count). The van der Waals surface area contributed by atoms with Gasteiger partial charge in [0.15, 0.2) is 0 Å². The fourth-order valence-electron chi connectivity index (χ4n) is 2.65. The summed E-state index contributed by atoms with van der Waals surface area (Å²) in [5, 5.41) is 12.6. The minimum absolute atomic E-state index is 0.00193. The minimum atomic E-state index is -0.449. The van der Waals surface area contributed by atoms with Gasteiger partial charge in [0.05, 0.1) is 17.7 Å². The average Bonchev–Trinajstić information content (AvgIpc) is 2.48. The molecule has 1 aromatic rings. The molecule has 5 heteroatoms. The van der Waals surface area contributed by atoms with Gasteiger partial charge in [0.2, 0.25) is 0 Å². The van der Waals surface area contributed by atoms with Gasteiger partial charge in [-0.1, -0.05) is 19.3 Å². The number of nitrogens with one attached hydrogen (secondary N) is 1. The highest BCUT2D eigenvalue weighted by Crippen LogP contribution is 2.28. The lowest BCUT2D eigenvalue weighted by atomic mass is 9.82. The third-order valence-electron chi connectivity index (χ3n) is 3.96. The summed E-state index contributed by atoms with van der Waals surface area (Å²) in [4.78, 5) is 18.4. The summed E-state index contributed by atoms with van der Waals surface area (Å²) in [6.45, 7) is 0.00193. The number of carbonyl (C=O) groups excluding carboxylic acids is 1. The molecule has 1 amide bonds. The Bertz CT molecular complexity index is 451. The van der Waals surface area contributed by atoms with E-state index >= 15 is 0 Å². The maximum atomic E-state index is 12.3. The monoisotopic (exact) mass is 277 g/mol. The molecule has 1 aliphatic carbocycles. The van der Waals surface area contributed by atoms with Crippen molar-refractivity contribution in [3.8, 4) is 0 Å². The summed E-state index contributed by atoms with van der Waals surface area (Å²) in [6, 6.07) is 3.59. The van der Waals surface area contributed by atoms with E-state index in [1.165, 1.54) is 6.42 Å². The van der Waals surface area contributed by atoms with Crippen LogP contribution in [0, 0.1) is 0 Å². The molecule has 0 atom stereocenters. The largest absolute Gasteiger partial charge is 0.394 e. The maximum Gasteiger partial charge on any atom is 0.253 e. The molecule has 1 saturated carbocycles. The molecule has 0 saturated heterocycles. The Morgan fingerprint density at radius 3 is 2.55 bits per heavy atom. The van der Waals surface area contributed by atoms with Gasteiger partial charge in [-0.25, -0.2) is 4.98 Å². The molecule has 2 N–H and O–H groups in total. The molecule has 0 bridgehead atoms. The zero-order valence-corrected chi connectivity index (χ0v) is 12.2. The molecule has 0 spiro atoms. The Morgan fingerprint density at radius 1 is 1.35 bits per heavy atom. The Labute approximate surface area is 120 Å². The van der Waals surface area contributed by atoms with E-state index in [1.807, 2.05) is 25.1 Å². The maximum absolute atomic E-state index is 12.3. The van der Waals surface area contributed by atoms with E-state index in [-0.39, 0.29) is 12.5 Å². The number of hydrogen-bond acceptors (Lipinski definition) is 4. The van der Waals surface area contributed by atoms with Crippen molar-refractivity contribution in [2.45, 2.75) is 37.6 Å². The topological polar surface area (TPSA) is 65.5 Å². The molecule has 0 unspecified atom stereocenters. The number of amides is 1. The van der Waals surface area contributed by atoms with E-state index in [1.54, 1.807) is 12.3 Å². The summed E-state index contributed by atoms with van der Waals surface area (Å²) < 4.78 is 0. The Balaban J connectivity index is 2.06. The van der Waals surface area contributed by atoms with Crippen LogP contribution in [0.5, 0.6) is 0 Å². The second kappa shape index (κ2) is 6.22. The summed E-state index contributed by atoms with van der Waals surface area (Å²) in [5.41, 5.74) is 0.0873. The number of nitrogens with zero attached hydrogens (tertiary/aromatic N) is 2. The molecule has 5 nitrogen and oxygen atoms in total. The minimum Gasteiger partial charge on any atom is -0.394 e. The third-order valence-corrected chi connectivity index (χ3v) is 3.96. The van der Waals surface area contributed by atoms with Crippen LogP contribution in [-0.4, -0.2) is 42.2 Å². The number of rotatable bonds is 4. The number of carbonyl (C=O) groups is 1. The van der Waals surface area contributed by atoms with Crippen molar-refractivity contribution in [1.29, 1.82) is 0 Å². The lowest BCUT2D eigenvalue weighted by Crippen LogP contribution is -2.52. The van der Waals surface area contributed by atoms with E-state index in [4.69, 9.17) is 0 Å². The van der Waals surface area contributed by atoms with E-state index in [9.17, 15) is 9.90 Å². The number of aliphatic hydroxyl groups excluding tert-OH is 1. The molecule has 1 aliphatic rings. The van der Waals surface area contributed by atoms with Crippen LogP contribution >= 0.6 is 0 Å². The van der Waals surface area contributed by atoms with Gasteiger partial charge >= 0.3 is 0 Å². The second-order valence-electron chi connectivity index (χ2n) is 5.75. The molecule has 1 fully saturated rings. The van der Waals surface area contributed by atoms with E-state index < -0.39 is 5.54 Å². The zero-order chi connectivity index (χ0) is 14.6. The van der Waals surface area contributed by atoms with Crippen molar-refractivity contribution in [2.24, 2.45) is 0 Å². The van der Waals surface area contributed by atoms with Crippen LogP contribution in [0.15, 0.2) is 18.3 Å². The molecule has 0 aromatic carbocycles. The first-order chi connectivity index (χ1) is 9.56. The van der Waals surface area contributed by atoms with Gasteiger partial charge in [-0.2, -0.15) is 0 Å². The summed E-state index contributed by atoms with van der Waals surface area (Å²) >= 11 is 0. The van der Waals surface area contributed by atoms with Crippen molar-refractivity contribution in [2.75, 3.05) is 25.6 Å². The molecule has 0 radical (unpaired) electrons. The lowest BCUT2D eigenvalue weighted by Gasteiger charge is -2.36. The van der Waals surface area contributed by atoms with E-state index in [0.717, 1.165) is 31.5 Å². The summed E-state index contributed by atoms with van der Waals surface area (Å²) in [7, 11) is 3.82. The summed E-state index contributed by atoms with van der Waals surface area (Å²) in [6.07, 6.45) is 6.56. The SMILES string of the molecule is CN(C)c1ccc(C(=O)NC2(CO)CCCCC2)cn1. The summed E-state index contributed by atoms with van der Waals surface area (Å²) in [5.74, 6) is 0.662. The number of aliphatic hydroxyl groups is 1. The van der Waals surface area contributed by atoms with Crippen LogP contribution < -0.4 is 10.2 Å². The van der Waals surface area contributed by atoms with E-state index in [2.05, 4.69) is 10.3 Å². The van der Waals surface area contributed by atoms with Crippen LogP contribution in [0.2, 0.25) is 0 Å². The number of aromatic nitrogens is 1. The van der Waals surface area contributed by atoms with Crippen LogP contribution in [0.25, 0.3) is 0 Å². The van der Waals surface area contributed by atoms with Crippen LogP contribution in [0.1, 0.15) is 42.5 Å². The highest BCUT2D eigenvalue weighted by molar-refractivity contribution is 5.94. The van der Waals surface area contributed by atoms with Crippen molar-refractivity contribution < 1.29 is 9.90 Å². The number of hydrogen-bond donors (Lipinski definition) is 2. The predicted octanol–water partition coefficient (Wildman–Crippen LogP) is 1.57. The predicted molar refractivity (Wildman–Crippen MR) is 78.9 cm³/mol. The van der Waals surface area contributed by atoms with Crippen molar-refractivity contribution in [1.82, 2.24) is 10.3 Å². The Hall–Kier alpha value is -1.62. The van der Waals surface area contributed by atoms with Crippen molar-refractivity contribution in [3.05, 3.63) is 23.9 Å². The molecule has 1 heterocycles. The quantitative estimate of drug-likeness (QED) is 0.877. The molecule has 110 valence electrons. The van der Waals surface area contributed by atoms with Crippen LogP contribution in [0.4, 0.5) is 5.82 Å². The smallest absolute Gasteiger partial charge is 0.253 e. The fraction of sp³-hybridized carbons (Fsp3) is 0.600. The van der Waals surface area contributed by atoms with Crippen LogP contribution in [-0.2, 0) is 0 Å². The van der Waals surface area contributed by atoms with Gasteiger partial charge in [0.1, 0.15) is 5.82 Å². The highest BCUT2D eigenvalue weighted by atomic mass is 16.3. The average molecular weight is 277 g/mol. The standard InChI is InChI=1S/C15H23N3O2/c1-18(2)13-7-6-12(10-16-13)14(20)17-15(11-19)8-4-3-5-9-15/h6-7,10,19H,3-5,8-9,11H2,1-2H3,(H,17,20). The molecular weight excluding hydrogens is 254 g/mol. The molecule has 20 heavy (non-hydrogen) atoms. The first-order valence-electron chi connectivity index (χ1n) is 7.13. The Kier molecular flexibility index (Phi) is 4.60. The Morgan fingerprint density at radius 2 is 2.05 bits per heavy atom. The lowest BCUT2D eigenvalue weighted by molar-refractivity contribution is 0.0758. The van der Waals surface area contributed by atoms with E-state index in [0.29, 0.717) is 5.56 Å². The third kappa shape index (κ3) is 3.28. The normalized spacial score (nSPS) is 17.6. The number of pyridine rings is 1. The fourth-order valence-corrected chi connectivity index (χ4v) is 2.65. The van der Waals surface area contributed by atoms with Gasteiger partial charge in [-0.15, -0.1) is 0 Å². The highest BCUT2D eigenvalue weighted by Gasteiger charge is 2.33. The number of anilines is 1. The van der Waals surface area contributed by atoms with Gasteiger partial charge < -0.3 is 15.3 Å². The first kappa shape index (κ1) is 14.8.